The lowest BCUT2D eigenvalue weighted by Crippen LogP contribution is -2.10. The summed E-state index contributed by atoms with van der Waals surface area (Å²) in [5, 5.41) is 3.41. The molecule has 1 aromatic heterocycles. The van der Waals surface area contributed by atoms with Gasteiger partial charge in [-0.15, -0.1) is 0 Å². The molecular weight excluding hydrogens is 248 g/mol. The Morgan fingerprint density at radius 1 is 1.20 bits per heavy atom. The van der Waals surface area contributed by atoms with Gasteiger partial charge in [0.25, 0.3) is 0 Å². The Kier molecular flexibility index (Phi) is 3.30. The molecule has 4 nitrogen and oxygen atoms in total. The molecule has 4 heteroatoms. The first-order valence-electron chi connectivity index (χ1n) is 7.09. The zero-order valence-corrected chi connectivity index (χ0v) is 11.9. The molecule has 0 spiro atoms. The van der Waals surface area contributed by atoms with Gasteiger partial charge in [0.15, 0.2) is 0 Å². The predicted octanol–water partition coefficient (Wildman–Crippen LogP) is 3.42. The number of aryl methyl sites for hydroxylation is 1. The molecule has 1 saturated carbocycles. The van der Waals surface area contributed by atoms with E-state index in [2.05, 4.69) is 53.4 Å². The van der Waals surface area contributed by atoms with Crippen LogP contribution in [0.5, 0.6) is 0 Å². The van der Waals surface area contributed by atoms with Crippen LogP contribution in [0.1, 0.15) is 48.7 Å². The lowest BCUT2D eigenvalue weighted by Gasteiger charge is -2.16. The molecule has 0 saturated heterocycles. The second-order valence-corrected chi connectivity index (χ2v) is 5.59. The molecule has 104 valence electrons. The number of hydrogen-bond donors (Lipinski definition) is 2. The van der Waals surface area contributed by atoms with Crippen LogP contribution in [0, 0.1) is 6.92 Å². The van der Waals surface area contributed by atoms with Crippen molar-refractivity contribution in [1.82, 2.24) is 9.97 Å². The normalized spacial score (nSPS) is 15.9. The smallest absolute Gasteiger partial charge is 0.136 e. The highest BCUT2D eigenvalue weighted by Crippen LogP contribution is 2.38. The van der Waals surface area contributed by atoms with Gasteiger partial charge >= 0.3 is 0 Å². The van der Waals surface area contributed by atoms with Crippen LogP contribution in [-0.4, -0.2) is 9.97 Å². The molecule has 0 amide bonds. The molecule has 0 radical (unpaired) electrons. The van der Waals surface area contributed by atoms with Crippen molar-refractivity contribution in [2.75, 3.05) is 11.1 Å². The van der Waals surface area contributed by atoms with E-state index < -0.39 is 0 Å². The number of rotatable bonds is 4. The van der Waals surface area contributed by atoms with Gasteiger partial charge in [-0.05, 0) is 32.3 Å². The number of aromatic nitrogens is 2. The van der Waals surface area contributed by atoms with Crippen LogP contribution in [0.25, 0.3) is 0 Å². The van der Waals surface area contributed by atoms with Gasteiger partial charge in [-0.1, -0.05) is 29.8 Å². The van der Waals surface area contributed by atoms with Gasteiger partial charge in [0, 0.05) is 18.0 Å². The summed E-state index contributed by atoms with van der Waals surface area (Å²) in [6.45, 7) is 4.22. The van der Waals surface area contributed by atoms with Crippen LogP contribution >= 0.6 is 0 Å². The van der Waals surface area contributed by atoms with Crippen molar-refractivity contribution < 1.29 is 0 Å². The van der Waals surface area contributed by atoms with E-state index in [0.29, 0.717) is 11.7 Å². The summed E-state index contributed by atoms with van der Waals surface area (Å²) in [7, 11) is 0. The van der Waals surface area contributed by atoms with E-state index in [-0.39, 0.29) is 6.04 Å². The first-order valence-corrected chi connectivity index (χ1v) is 7.09. The van der Waals surface area contributed by atoms with Crippen LogP contribution in [0.2, 0.25) is 0 Å². The standard InChI is InChI=1S/C16H20N4/c1-10-3-5-12(6-4-10)11(2)18-15-9-14(17)19-16(20-15)13-7-8-13/h3-6,9,11,13H,7-8H2,1-2H3,(H3,17,18,19,20). The SMILES string of the molecule is Cc1ccc(C(C)Nc2cc(N)nc(C3CC3)n2)cc1. The molecule has 0 bridgehead atoms. The molecule has 3 rings (SSSR count). The van der Waals surface area contributed by atoms with E-state index in [1.54, 1.807) is 6.07 Å². The van der Waals surface area contributed by atoms with Gasteiger partial charge < -0.3 is 11.1 Å². The Balaban J connectivity index is 1.78. The number of anilines is 2. The molecule has 1 aromatic carbocycles. The van der Waals surface area contributed by atoms with Crippen molar-refractivity contribution in [3.8, 4) is 0 Å². The fraction of sp³-hybridized carbons (Fsp3) is 0.375. The monoisotopic (exact) mass is 268 g/mol. The first-order chi connectivity index (χ1) is 9.61. The summed E-state index contributed by atoms with van der Waals surface area (Å²) in [5.74, 6) is 2.74. The highest BCUT2D eigenvalue weighted by molar-refractivity contribution is 5.47. The summed E-state index contributed by atoms with van der Waals surface area (Å²) in [6, 6.07) is 10.5. The Morgan fingerprint density at radius 3 is 2.55 bits per heavy atom. The maximum Gasteiger partial charge on any atom is 0.136 e. The minimum atomic E-state index is 0.192. The number of hydrogen-bond acceptors (Lipinski definition) is 4. The fourth-order valence-corrected chi connectivity index (χ4v) is 2.24. The zero-order valence-electron chi connectivity index (χ0n) is 11.9. The molecular formula is C16H20N4. The molecule has 20 heavy (non-hydrogen) atoms. The molecule has 1 heterocycles. The van der Waals surface area contributed by atoms with Gasteiger partial charge in [0.1, 0.15) is 17.5 Å². The molecule has 1 atom stereocenters. The number of nitrogen functional groups attached to an aromatic ring is 1. The first kappa shape index (κ1) is 12.9. The second-order valence-electron chi connectivity index (χ2n) is 5.59. The van der Waals surface area contributed by atoms with Crippen LogP contribution < -0.4 is 11.1 Å². The van der Waals surface area contributed by atoms with Crippen molar-refractivity contribution in [3.05, 3.63) is 47.3 Å². The Morgan fingerprint density at radius 2 is 1.90 bits per heavy atom. The van der Waals surface area contributed by atoms with Gasteiger partial charge in [-0.25, -0.2) is 9.97 Å². The van der Waals surface area contributed by atoms with Crippen LogP contribution in [0.4, 0.5) is 11.6 Å². The van der Waals surface area contributed by atoms with Gasteiger partial charge in [0.05, 0.1) is 0 Å². The van der Waals surface area contributed by atoms with E-state index in [1.807, 2.05) is 0 Å². The molecule has 0 aliphatic heterocycles. The summed E-state index contributed by atoms with van der Waals surface area (Å²) in [5.41, 5.74) is 8.37. The fourth-order valence-electron chi connectivity index (χ4n) is 2.24. The Hall–Kier alpha value is -2.10. The molecule has 1 fully saturated rings. The third-order valence-corrected chi connectivity index (χ3v) is 3.65. The van der Waals surface area contributed by atoms with Crippen molar-refractivity contribution >= 4 is 11.6 Å². The largest absolute Gasteiger partial charge is 0.384 e. The summed E-state index contributed by atoms with van der Waals surface area (Å²) in [6.07, 6.45) is 2.35. The highest BCUT2D eigenvalue weighted by Gasteiger charge is 2.27. The van der Waals surface area contributed by atoms with E-state index in [0.717, 1.165) is 11.6 Å². The number of nitrogens with two attached hydrogens (primary N) is 1. The zero-order chi connectivity index (χ0) is 14.1. The molecule has 1 aliphatic rings. The maximum atomic E-state index is 5.87. The minimum Gasteiger partial charge on any atom is -0.384 e. The van der Waals surface area contributed by atoms with Gasteiger partial charge in [0.2, 0.25) is 0 Å². The van der Waals surface area contributed by atoms with Crippen molar-refractivity contribution in [3.63, 3.8) is 0 Å². The predicted molar refractivity (Wildman–Crippen MR) is 81.6 cm³/mol. The third kappa shape index (κ3) is 2.90. The topological polar surface area (TPSA) is 63.8 Å². The summed E-state index contributed by atoms with van der Waals surface area (Å²) < 4.78 is 0. The van der Waals surface area contributed by atoms with Crippen LogP contribution in [0.15, 0.2) is 30.3 Å². The van der Waals surface area contributed by atoms with E-state index in [9.17, 15) is 0 Å². The average molecular weight is 268 g/mol. The quantitative estimate of drug-likeness (QED) is 0.891. The van der Waals surface area contributed by atoms with Crippen molar-refractivity contribution in [2.24, 2.45) is 0 Å². The Bertz CT molecular complexity index is 602. The molecule has 1 unspecified atom stereocenters. The number of benzene rings is 1. The summed E-state index contributed by atoms with van der Waals surface area (Å²) in [4.78, 5) is 8.89. The van der Waals surface area contributed by atoms with E-state index in [1.165, 1.54) is 24.0 Å². The van der Waals surface area contributed by atoms with E-state index >= 15 is 0 Å². The lowest BCUT2D eigenvalue weighted by molar-refractivity contribution is 0.855. The lowest BCUT2D eigenvalue weighted by atomic mass is 10.1. The highest BCUT2D eigenvalue weighted by atomic mass is 15.1. The van der Waals surface area contributed by atoms with Gasteiger partial charge in [-0.3, -0.25) is 0 Å². The second kappa shape index (κ2) is 5.12. The summed E-state index contributed by atoms with van der Waals surface area (Å²) >= 11 is 0. The van der Waals surface area contributed by atoms with Crippen LogP contribution in [0.3, 0.4) is 0 Å². The van der Waals surface area contributed by atoms with Crippen molar-refractivity contribution in [1.29, 1.82) is 0 Å². The maximum absolute atomic E-state index is 5.87. The molecule has 1 aliphatic carbocycles. The molecule has 3 N–H and O–H groups in total. The third-order valence-electron chi connectivity index (χ3n) is 3.65. The van der Waals surface area contributed by atoms with E-state index in [4.69, 9.17) is 5.73 Å². The minimum absolute atomic E-state index is 0.192. The van der Waals surface area contributed by atoms with Crippen LogP contribution in [-0.2, 0) is 0 Å². The molecule has 2 aromatic rings. The van der Waals surface area contributed by atoms with Gasteiger partial charge in [-0.2, -0.15) is 0 Å². The Labute approximate surface area is 119 Å². The van der Waals surface area contributed by atoms with Crippen molar-refractivity contribution in [2.45, 2.75) is 38.6 Å². The number of nitrogens with zero attached hydrogens (tertiary/aromatic N) is 2. The average Bonchev–Trinajstić information content (AvgIpc) is 3.23. The number of nitrogens with one attached hydrogen (secondary N) is 1.